The maximum absolute atomic E-state index is 13.9. The van der Waals surface area contributed by atoms with Gasteiger partial charge in [-0.05, 0) is 66.9 Å². The molecule has 1 N–H and O–H groups in total. The van der Waals surface area contributed by atoms with Crippen LogP contribution in [-0.2, 0) is 26.2 Å². The van der Waals surface area contributed by atoms with E-state index in [0.29, 0.717) is 27.2 Å². The summed E-state index contributed by atoms with van der Waals surface area (Å²) in [6.45, 7) is 5.33. The molecule has 0 spiro atoms. The number of carbonyl (C=O) groups is 2. The predicted octanol–water partition coefficient (Wildman–Crippen LogP) is 6.03. The van der Waals surface area contributed by atoms with E-state index in [1.54, 1.807) is 55.5 Å². The monoisotopic (exact) mass is 609 g/mol. The molecule has 0 aliphatic carbocycles. The first-order chi connectivity index (χ1) is 18.4. The van der Waals surface area contributed by atoms with E-state index in [2.05, 4.69) is 5.32 Å². The minimum absolute atomic E-state index is 0.0165. The number of hydrogen-bond acceptors (Lipinski definition) is 4. The van der Waals surface area contributed by atoms with E-state index < -0.39 is 28.5 Å². The Morgan fingerprint density at radius 1 is 0.872 bits per heavy atom. The van der Waals surface area contributed by atoms with Gasteiger partial charge in [0.2, 0.25) is 11.8 Å². The van der Waals surface area contributed by atoms with Crippen molar-refractivity contribution in [3.8, 4) is 0 Å². The Morgan fingerprint density at radius 2 is 1.49 bits per heavy atom. The van der Waals surface area contributed by atoms with Crippen molar-refractivity contribution >= 4 is 62.3 Å². The van der Waals surface area contributed by atoms with Gasteiger partial charge in [0.15, 0.2) is 0 Å². The van der Waals surface area contributed by atoms with E-state index in [0.717, 1.165) is 4.31 Å². The van der Waals surface area contributed by atoms with Crippen molar-refractivity contribution in [2.45, 2.75) is 38.3 Å². The number of rotatable bonds is 11. The van der Waals surface area contributed by atoms with Crippen LogP contribution in [0.5, 0.6) is 0 Å². The molecule has 3 aromatic carbocycles. The topological polar surface area (TPSA) is 86.8 Å². The van der Waals surface area contributed by atoms with Gasteiger partial charge in [0.1, 0.15) is 12.6 Å². The molecule has 3 rings (SSSR count). The van der Waals surface area contributed by atoms with Crippen molar-refractivity contribution < 1.29 is 18.0 Å². The number of nitrogens with one attached hydrogen (secondary N) is 1. The molecule has 39 heavy (non-hydrogen) atoms. The highest BCUT2D eigenvalue weighted by atomic mass is 35.5. The third-order valence-corrected chi connectivity index (χ3v) is 8.56. The molecule has 0 radical (unpaired) electrons. The molecule has 0 bridgehead atoms. The maximum atomic E-state index is 13.9. The van der Waals surface area contributed by atoms with E-state index in [4.69, 9.17) is 34.8 Å². The van der Waals surface area contributed by atoms with E-state index in [1.807, 2.05) is 13.8 Å². The smallest absolute Gasteiger partial charge is 0.264 e. The highest BCUT2D eigenvalue weighted by Gasteiger charge is 2.32. The zero-order chi connectivity index (χ0) is 28.7. The minimum atomic E-state index is -4.15. The van der Waals surface area contributed by atoms with Crippen LogP contribution in [0.4, 0.5) is 5.69 Å². The summed E-state index contributed by atoms with van der Waals surface area (Å²) in [5.74, 6) is -0.763. The van der Waals surface area contributed by atoms with Gasteiger partial charge in [0.05, 0.1) is 10.6 Å². The summed E-state index contributed by atoms with van der Waals surface area (Å²) in [7, 11) is -4.15. The largest absolute Gasteiger partial charge is 0.354 e. The van der Waals surface area contributed by atoms with Crippen molar-refractivity contribution in [2.24, 2.45) is 5.92 Å². The van der Waals surface area contributed by atoms with Gasteiger partial charge in [-0.3, -0.25) is 13.9 Å². The standard InChI is InChI=1S/C28H30Cl3N3O4S/c1-19(2)16-32-28(36)20(3)33(17-21-9-10-23(30)15-26(21)31)27(35)18-34(24-13-11-22(29)12-14-24)39(37,38)25-7-5-4-6-8-25/h4-15,19-20H,16-18H2,1-3H3,(H,32,36)/t20-/m0/s1. The van der Waals surface area contributed by atoms with Crippen LogP contribution in [0.3, 0.4) is 0 Å². The highest BCUT2D eigenvalue weighted by Crippen LogP contribution is 2.27. The third-order valence-electron chi connectivity index (χ3n) is 5.93. The molecule has 0 aliphatic rings. The van der Waals surface area contributed by atoms with Gasteiger partial charge >= 0.3 is 0 Å². The van der Waals surface area contributed by atoms with Crippen molar-refractivity contribution in [3.63, 3.8) is 0 Å². The Labute approximate surface area is 244 Å². The number of carbonyl (C=O) groups excluding carboxylic acids is 2. The zero-order valence-corrected chi connectivity index (χ0v) is 24.9. The summed E-state index contributed by atoms with van der Waals surface area (Å²) < 4.78 is 28.4. The Morgan fingerprint density at radius 3 is 2.08 bits per heavy atom. The predicted molar refractivity (Wildman–Crippen MR) is 157 cm³/mol. The van der Waals surface area contributed by atoms with Gasteiger partial charge in [0, 0.05) is 28.2 Å². The molecule has 0 aromatic heterocycles. The average molecular weight is 611 g/mol. The lowest BCUT2D eigenvalue weighted by atomic mass is 10.1. The van der Waals surface area contributed by atoms with Crippen LogP contribution in [0.25, 0.3) is 0 Å². The lowest BCUT2D eigenvalue weighted by Crippen LogP contribution is -2.51. The van der Waals surface area contributed by atoms with E-state index in [1.165, 1.54) is 29.2 Å². The summed E-state index contributed by atoms with van der Waals surface area (Å²) in [4.78, 5) is 28.2. The Bertz CT molecular complexity index is 1400. The molecule has 11 heteroatoms. The Kier molecular flexibility index (Phi) is 10.7. The van der Waals surface area contributed by atoms with Crippen LogP contribution in [0, 0.1) is 5.92 Å². The van der Waals surface area contributed by atoms with Crippen molar-refractivity contribution in [1.29, 1.82) is 0 Å². The number of sulfonamides is 1. The first kappa shape index (κ1) is 30.8. The molecule has 3 aromatic rings. The molecule has 1 atom stereocenters. The maximum Gasteiger partial charge on any atom is 0.264 e. The molecule has 2 amide bonds. The van der Waals surface area contributed by atoms with Gasteiger partial charge in [0.25, 0.3) is 10.0 Å². The molecule has 0 saturated carbocycles. The zero-order valence-electron chi connectivity index (χ0n) is 21.8. The van der Waals surface area contributed by atoms with Crippen LogP contribution in [0.2, 0.25) is 15.1 Å². The number of anilines is 1. The fourth-order valence-corrected chi connectivity index (χ4v) is 5.75. The van der Waals surface area contributed by atoms with Crippen LogP contribution in [0.1, 0.15) is 26.3 Å². The van der Waals surface area contributed by atoms with E-state index >= 15 is 0 Å². The van der Waals surface area contributed by atoms with Crippen LogP contribution < -0.4 is 9.62 Å². The highest BCUT2D eigenvalue weighted by molar-refractivity contribution is 7.92. The lowest BCUT2D eigenvalue weighted by molar-refractivity contribution is -0.139. The van der Waals surface area contributed by atoms with E-state index in [9.17, 15) is 18.0 Å². The van der Waals surface area contributed by atoms with Gasteiger partial charge in [-0.2, -0.15) is 0 Å². The summed E-state index contributed by atoms with van der Waals surface area (Å²) in [5, 5.41) is 4.00. The molecule has 208 valence electrons. The molecule has 0 heterocycles. The number of nitrogens with zero attached hydrogens (tertiary/aromatic N) is 2. The number of halogens is 3. The first-order valence-electron chi connectivity index (χ1n) is 12.2. The fourth-order valence-electron chi connectivity index (χ4n) is 3.72. The number of amides is 2. The van der Waals surface area contributed by atoms with Crippen molar-refractivity contribution in [3.05, 3.63) is 93.4 Å². The molecule has 0 unspecified atom stereocenters. The summed E-state index contributed by atoms with van der Waals surface area (Å²) >= 11 is 18.5. The lowest BCUT2D eigenvalue weighted by Gasteiger charge is -2.32. The van der Waals surface area contributed by atoms with Crippen LogP contribution in [0.15, 0.2) is 77.7 Å². The quantitative estimate of drug-likeness (QED) is 0.287. The van der Waals surface area contributed by atoms with Gasteiger partial charge in [-0.1, -0.05) is 72.9 Å². The van der Waals surface area contributed by atoms with E-state index in [-0.39, 0.29) is 29.0 Å². The number of hydrogen-bond donors (Lipinski definition) is 1. The Hall–Kier alpha value is -2.78. The molecule has 0 saturated heterocycles. The summed E-state index contributed by atoms with van der Waals surface area (Å²) in [5.41, 5.74) is 0.805. The molecule has 7 nitrogen and oxygen atoms in total. The van der Waals surface area contributed by atoms with Gasteiger partial charge in [-0.15, -0.1) is 0 Å². The van der Waals surface area contributed by atoms with Gasteiger partial charge in [-0.25, -0.2) is 8.42 Å². The fraction of sp³-hybridized carbons (Fsp3) is 0.286. The molecular weight excluding hydrogens is 581 g/mol. The second-order valence-corrected chi connectivity index (χ2v) is 12.5. The second-order valence-electron chi connectivity index (χ2n) is 9.37. The second kappa shape index (κ2) is 13.5. The third kappa shape index (κ3) is 8.11. The van der Waals surface area contributed by atoms with Crippen LogP contribution >= 0.6 is 34.8 Å². The summed E-state index contributed by atoms with van der Waals surface area (Å²) in [6.07, 6.45) is 0. The molecular formula is C28H30Cl3N3O4S. The number of benzene rings is 3. The minimum Gasteiger partial charge on any atom is -0.354 e. The molecule has 0 aliphatic heterocycles. The van der Waals surface area contributed by atoms with Crippen molar-refractivity contribution in [1.82, 2.24) is 10.2 Å². The first-order valence-corrected chi connectivity index (χ1v) is 14.8. The average Bonchev–Trinajstić information content (AvgIpc) is 2.90. The Balaban J connectivity index is 2.01. The normalized spacial score (nSPS) is 12.2. The molecule has 0 fully saturated rings. The summed E-state index contributed by atoms with van der Waals surface area (Å²) in [6, 6.07) is 17.9. The SMILES string of the molecule is CC(C)CNC(=O)[C@H](C)N(Cc1ccc(Cl)cc1Cl)C(=O)CN(c1ccc(Cl)cc1)S(=O)(=O)c1ccccc1. The van der Waals surface area contributed by atoms with Crippen LogP contribution in [-0.4, -0.2) is 44.3 Å². The van der Waals surface area contributed by atoms with Crippen molar-refractivity contribution in [2.75, 3.05) is 17.4 Å². The van der Waals surface area contributed by atoms with Gasteiger partial charge < -0.3 is 10.2 Å².